The maximum atomic E-state index is 13.8. The molecule has 0 radical (unpaired) electrons. The van der Waals surface area contributed by atoms with Crippen molar-refractivity contribution in [2.24, 2.45) is 0 Å². The molecule has 37 heavy (non-hydrogen) atoms. The number of aromatic nitrogens is 2. The average molecular weight is 508 g/mol. The number of phenols is 2. The molecule has 0 aliphatic rings. The summed E-state index contributed by atoms with van der Waals surface area (Å²) in [6, 6.07) is 16.4. The third-order valence-corrected chi connectivity index (χ3v) is 5.49. The molecule has 4 rings (SSSR count). The maximum absolute atomic E-state index is 13.8. The smallest absolute Gasteiger partial charge is 0.418 e. The van der Waals surface area contributed by atoms with Gasteiger partial charge in [0.05, 0.1) is 36.9 Å². The summed E-state index contributed by atoms with van der Waals surface area (Å²) in [6.07, 6.45) is 2.10. The van der Waals surface area contributed by atoms with E-state index >= 15 is 0 Å². The molecule has 0 amide bonds. The molecule has 0 unspecified atom stereocenters. The highest BCUT2D eigenvalue weighted by molar-refractivity contribution is 5.74. The molecule has 2 N–H and O–H groups in total. The number of alkyl halides is 3. The third kappa shape index (κ3) is 5.78. The van der Waals surface area contributed by atoms with E-state index in [0.717, 1.165) is 6.07 Å². The minimum atomic E-state index is -4.58. The number of benzene rings is 3. The van der Waals surface area contributed by atoms with Crippen LogP contribution in [-0.2, 0) is 6.18 Å². The van der Waals surface area contributed by atoms with Gasteiger partial charge in [0, 0.05) is 0 Å². The van der Waals surface area contributed by atoms with Crippen LogP contribution < -0.4 is 9.47 Å². The number of methoxy groups -OCH3 is 2. The van der Waals surface area contributed by atoms with E-state index in [2.05, 4.69) is 5.10 Å². The topological polar surface area (TPSA) is 76.7 Å². The summed E-state index contributed by atoms with van der Waals surface area (Å²) in [5.41, 5.74) is 1.23. The van der Waals surface area contributed by atoms with Gasteiger partial charge in [-0.25, -0.2) is 4.68 Å². The van der Waals surface area contributed by atoms with Gasteiger partial charge in [-0.15, -0.1) is 0 Å². The normalized spacial score (nSPS) is 11.9. The number of para-hydroxylation sites is 1. The zero-order valence-electron chi connectivity index (χ0n) is 19.9. The summed E-state index contributed by atoms with van der Waals surface area (Å²) in [4.78, 5) is 0. The van der Waals surface area contributed by atoms with Crippen LogP contribution in [0.3, 0.4) is 0 Å². The molecule has 0 atom stereocenters. The maximum Gasteiger partial charge on any atom is 0.418 e. The summed E-state index contributed by atoms with van der Waals surface area (Å²) in [6.45, 7) is 0. The Hall–Kier alpha value is -4.66. The molecule has 0 bridgehead atoms. The number of nitrogens with zero attached hydrogens (tertiary/aromatic N) is 2. The van der Waals surface area contributed by atoms with Gasteiger partial charge in [0.15, 0.2) is 23.0 Å². The van der Waals surface area contributed by atoms with Gasteiger partial charge in [0.1, 0.15) is 0 Å². The van der Waals surface area contributed by atoms with E-state index in [9.17, 15) is 23.4 Å². The standard InChI is InChI=1S/C28H23F3N2O4/c1-36-26-15-18(9-13-24(26)34)7-11-20-17-21(12-8-19-10-14-25(35)27(16-19)37-2)33(32-20)23-6-4-3-5-22(23)28(29,30)31/h3-17,34-35H,1-2H3/b11-7+,12-8+. The van der Waals surface area contributed by atoms with Gasteiger partial charge in [-0.3, -0.25) is 0 Å². The molecule has 6 nitrogen and oxygen atoms in total. The van der Waals surface area contributed by atoms with Crippen LogP contribution in [0.25, 0.3) is 30.0 Å². The highest BCUT2D eigenvalue weighted by Gasteiger charge is 2.34. The lowest BCUT2D eigenvalue weighted by atomic mass is 10.1. The number of hydrogen-bond donors (Lipinski definition) is 2. The minimum absolute atomic E-state index is 0.00836. The summed E-state index contributed by atoms with van der Waals surface area (Å²) >= 11 is 0. The van der Waals surface area contributed by atoms with Gasteiger partial charge < -0.3 is 19.7 Å². The molecule has 1 aromatic heterocycles. The lowest BCUT2D eigenvalue weighted by Gasteiger charge is -2.13. The molecule has 0 fully saturated rings. The Morgan fingerprint density at radius 2 is 1.32 bits per heavy atom. The Labute approximate surface area is 211 Å². The van der Waals surface area contributed by atoms with Crippen LogP contribution in [0.15, 0.2) is 66.7 Å². The summed E-state index contributed by atoms with van der Waals surface area (Å²) in [5, 5.41) is 24.0. The van der Waals surface area contributed by atoms with Crippen molar-refractivity contribution in [3.05, 3.63) is 94.8 Å². The quantitative estimate of drug-likeness (QED) is 0.292. The average Bonchev–Trinajstić information content (AvgIpc) is 3.30. The van der Waals surface area contributed by atoms with Gasteiger partial charge in [0.25, 0.3) is 0 Å². The monoisotopic (exact) mass is 508 g/mol. The van der Waals surface area contributed by atoms with E-state index < -0.39 is 11.7 Å². The number of aromatic hydroxyl groups is 2. The number of phenolic OH excluding ortho intramolecular Hbond substituents is 2. The fourth-order valence-electron chi connectivity index (χ4n) is 3.66. The van der Waals surface area contributed by atoms with Crippen molar-refractivity contribution < 1.29 is 32.9 Å². The first-order chi connectivity index (χ1) is 17.7. The second-order valence-electron chi connectivity index (χ2n) is 7.95. The van der Waals surface area contributed by atoms with Crippen LogP contribution in [0.5, 0.6) is 23.0 Å². The number of ether oxygens (including phenoxy) is 2. The molecule has 0 aliphatic heterocycles. The van der Waals surface area contributed by atoms with E-state index in [-0.39, 0.29) is 22.9 Å². The molecule has 0 spiro atoms. The summed E-state index contributed by atoms with van der Waals surface area (Å²) in [5.74, 6) is 0.527. The zero-order valence-corrected chi connectivity index (χ0v) is 19.9. The molecular formula is C28H23F3N2O4. The van der Waals surface area contributed by atoms with Crippen molar-refractivity contribution in [1.82, 2.24) is 9.78 Å². The van der Waals surface area contributed by atoms with E-state index in [1.54, 1.807) is 54.6 Å². The van der Waals surface area contributed by atoms with Crippen molar-refractivity contribution >= 4 is 24.3 Å². The zero-order chi connectivity index (χ0) is 26.6. The third-order valence-electron chi connectivity index (χ3n) is 5.49. The molecule has 1 heterocycles. The van der Waals surface area contributed by atoms with Crippen LogP contribution in [0, 0.1) is 0 Å². The fourth-order valence-corrected chi connectivity index (χ4v) is 3.66. The molecule has 9 heteroatoms. The first-order valence-electron chi connectivity index (χ1n) is 11.1. The van der Waals surface area contributed by atoms with Crippen LogP contribution >= 0.6 is 0 Å². The second kappa shape index (κ2) is 10.5. The van der Waals surface area contributed by atoms with Crippen molar-refractivity contribution in [2.75, 3.05) is 14.2 Å². The van der Waals surface area contributed by atoms with Crippen molar-refractivity contribution in [1.29, 1.82) is 0 Å². The van der Waals surface area contributed by atoms with Crippen molar-refractivity contribution in [2.45, 2.75) is 6.18 Å². The molecule has 3 aromatic carbocycles. The largest absolute Gasteiger partial charge is 0.504 e. The predicted molar refractivity (Wildman–Crippen MR) is 136 cm³/mol. The molecular weight excluding hydrogens is 485 g/mol. The highest BCUT2D eigenvalue weighted by atomic mass is 19.4. The van der Waals surface area contributed by atoms with Crippen molar-refractivity contribution in [3.63, 3.8) is 0 Å². The molecule has 190 valence electrons. The van der Waals surface area contributed by atoms with Crippen LogP contribution in [0.1, 0.15) is 28.1 Å². The lowest BCUT2D eigenvalue weighted by molar-refractivity contribution is -0.137. The number of halogens is 3. The lowest BCUT2D eigenvalue weighted by Crippen LogP contribution is -2.12. The summed E-state index contributed by atoms with van der Waals surface area (Å²) in [7, 11) is 2.86. The van der Waals surface area contributed by atoms with Crippen LogP contribution in [0.2, 0.25) is 0 Å². The molecule has 0 aliphatic carbocycles. The Morgan fingerprint density at radius 1 is 0.757 bits per heavy atom. The van der Waals surface area contributed by atoms with Crippen molar-refractivity contribution in [3.8, 4) is 28.7 Å². The SMILES string of the molecule is COc1cc(/C=C/c2cc(/C=C/c3ccc(O)c(OC)c3)n(-c3ccccc3C(F)(F)F)n2)ccc1O. The predicted octanol–water partition coefficient (Wildman–Crippen LogP) is 6.66. The first-order valence-corrected chi connectivity index (χ1v) is 11.1. The number of hydrogen-bond acceptors (Lipinski definition) is 5. The van der Waals surface area contributed by atoms with Gasteiger partial charge in [-0.1, -0.05) is 36.4 Å². The van der Waals surface area contributed by atoms with E-state index in [1.165, 1.54) is 49.2 Å². The van der Waals surface area contributed by atoms with Crippen LogP contribution in [-0.4, -0.2) is 34.2 Å². The Kier molecular flexibility index (Phi) is 7.24. The Balaban J connectivity index is 1.78. The first kappa shape index (κ1) is 25.4. The van der Waals surface area contributed by atoms with Gasteiger partial charge in [-0.2, -0.15) is 18.3 Å². The Bertz CT molecular complexity index is 1470. The highest BCUT2D eigenvalue weighted by Crippen LogP contribution is 2.35. The van der Waals surface area contributed by atoms with E-state index in [0.29, 0.717) is 28.3 Å². The second-order valence-corrected chi connectivity index (χ2v) is 7.95. The fraction of sp³-hybridized carbons (Fsp3) is 0.107. The van der Waals surface area contributed by atoms with Crippen LogP contribution in [0.4, 0.5) is 13.2 Å². The Morgan fingerprint density at radius 3 is 1.89 bits per heavy atom. The van der Waals surface area contributed by atoms with E-state index in [4.69, 9.17) is 9.47 Å². The van der Waals surface area contributed by atoms with Gasteiger partial charge in [-0.05, 0) is 65.7 Å². The molecule has 0 saturated carbocycles. The minimum Gasteiger partial charge on any atom is -0.504 e. The molecule has 4 aromatic rings. The van der Waals surface area contributed by atoms with E-state index in [1.807, 2.05) is 0 Å². The van der Waals surface area contributed by atoms with Gasteiger partial charge >= 0.3 is 6.18 Å². The molecule has 0 saturated heterocycles. The summed E-state index contributed by atoms with van der Waals surface area (Å²) < 4.78 is 52.8. The van der Waals surface area contributed by atoms with Gasteiger partial charge in [0.2, 0.25) is 0 Å². The number of rotatable bonds is 7.